The van der Waals surface area contributed by atoms with Gasteiger partial charge in [0.15, 0.2) is 0 Å². The lowest BCUT2D eigenvalue weighted by molar-refractivity contribution is -0.134. The van der Waals surface area contributed by atoms with Crippen molar-refractivity contribution in [3.05, 3.63) is 81.9 Å². The second kappa shape index (κ2) is 14.0. The summed E-state index contributed by atoms with van der Waals surface area (Å²) in [5.41, 5.74) is 2.29. The van der Waals surface area contributed by atoms with Gasteiger partial charge in [-0.2, -0.15) is 0 Å². The fourth-order valence-corrected chi connectivity index (χ4v) is 4.08. The Kier molecular flexibility index (Phi) is 11.4. The number of hydrogen-bond acceptors (Lipinski definition) is 5. The third-order valence-corrected chi connectivity index (χ3v) is 5.72. The first kappa shape index (κ1) is 26.8. The predicted molar refractivity (Wildman–Crippen MR) is 129 cm³/mol. The first-order valence-corrected chi connectivity index (χ1v) is 11.3. The van der Waals surface area contributed by atoms with Crippen molar-refractivity contribution in [2.45, 2.75) is 12.5 Å². The molecule has 1 aliphatic rings. The molecule has 0 aliphatic carbocycles. The second-order valence-electron chi connectivity index (χ2n) is 7.44. The van der Waals surface area contributed by atoms with Gasteiger partial charge in [0.1, 0.15) is 0 Å². The Hall–Kier alpha value is -2.42. The van der Waals surface area contributed by atoms with Crippen molar-refractivity contribution < 1.29 is 24.9 Å². The maximum absolute atomic E-state index is 9.55. The summed E-state index contributed by atoms with van der Waals surface area (Å²) >= 11 is 12.8. The summed E-state index contributed by atoms with van der Waals surface area (Å²) in [4.78, 5) is 24.0. The van der Waals surface area contributed by atoms with Crippen LogP contribution in [0.2, 0.25) is 10.0 Å². The first-order valence-electron chi connectivity index (χ1n) is 10.5. The number of nitrogens with zero attached hydrogens (tertiary/aromatic N) is 2. The minimum absolute atomic E-state index is 0.104. The number of aliphatic hydroxyl groups excluding tert-OH is 1. The van der Waals surface area contributed by atoms with E-state index in [1.165, 1.54) is 5.56 Å². The Balaban J connectivity index is 0.000000414. The molecule has 0 saturated carbocycles. The van der Waals surface area contributed by atoms with Gasteiger partial charge in [-0.1, -0.05) is 53.5 Å². The molecule has 7 nitrogen and oxygen atoms in total. The Morgan fingerprint density at radius 3 is 2.12 bits per heavy atom. The summed E-state index contributed by atoms with van der Waals surface area (Å²) in [7, 11) is 0. The van der Waals surface area contributed by atoms with E-state index in [1.807, 2.05) is 36.4 Å². The van der Waals surface area contributed by atoms with Crippen LogP contribution in [-0.4, -0.2) is 76.4 Å². The van der Waals surface area contributed by atoms with Crippen LogP contribution in [0.1, 0.15) is 23.6 Å². The Bertz CT molecular complexity index is 930. The molecule has 0 amide bonds. The number of aliphatic carboxylic acids is 2. The van der Waals surface area contributed by atoms with Crippen LogP contribution in [0.4, 0.5) is 0 Å². The molecular weight excluding hydrogens is 467 g/mol. The smallest absolute Gasteiger partial charge is 0.328 e. The average molecular weight is 495 g/mol. The molecule has 0 bridgehead atoms. The van der Waals surface area contributed by atoms with Gasteiger partial charge in [0, 0.05) is 61.5 Å². The molecule has 9 heteroatoms. The summed E-state index contributed by atoms with van der Waals surface area (Å²) in [6, 6.07) is 16.2. The highest BCUT2D eigenvalue weighted by molar-refractivity contribution is 6.31. The molecule has 1 aliphatic heterocycles. The number of piperazine rings is 1. The molecule has 1 saturated heterocycles. The standard InChI is InChI=1S/C20H24Cl2N2O.C4H4O4/c21-17-6-3-5-16(15-17)20(18-7-1-2-8-19(18)22)24-12-10-23(11-13-24)9-4-14-25;5-3(6)1-2-4(7)8/h1-3,5-8,15,20,25H,4,9-14H2;1-2H,(H,5,6)(H,7,8). The summed E-state index contributed by atoms with van der Waals surface area (Å²) in [5, 5.41) is 26.2. The van der Waals surface area contributed by atoms with E-state index in [1.54, 1.807) is 0 Å². The van der Waals surface area contributed by atoms with Crippen LogP contribution >= 0.6 is 23.2 Å². The summed E-state index contributed by atoms with van der Waals surface area (Å²) in [6.07, 6.45) is 1.95. The van der Waals surface area contributed by atoms with Crippen molar-refractivity contribution >= 4 is 35.1 Å². The fourth-order valence-electron chi connectivity index (χ4n) is 3.64. The third-order valence-electron chi connectivity index (χ3n) is 5.14. The number of benzene rings is 2. The molecule has 33 heavy (non-hydrogen) atoms. The van der Waals surface area contributed by atoms with Crippen LogP contribution in [0.3, 0.4) is 0 Å². The number of aliphatic hydroxyl groups is 1. The predicted octanol–water partition coefficient (Wildman–Crippen LogP) is 3.79. The summed E-state index contributed by atoms with van der Waals surface area (Å²) in [5.74, 6) is -2.51. The molecule has 1 heterocycles. The van der Waals surface area contributed by atoms with E-state index in [0.717, 1.165) is 54.8 Å². The zero-order chi connectivity index (χ0) is 24.2. The zero-order valence-electron chi connectivity index (χ0n) is 18.1. The minimum atomic E-state index is -1.26. The topological polar surface area (TPSA) is 101 Å². The average Bonchev–Trinajstić information content (AvgIpc) is 2.79. The van der Waals surface area contributed by atoms with Gasteiger partial charge in [-0.05, 0) is 35.7 Å². The van der Waals surface area contributed by atoms with Crippen LogP contribution in [0, 0.1) is 0 Å². The molecule has 0 radical (unpaired) electrons. The number of rotatable bonds is 8. The van der Waals surface area contributed by atoms with Crippen molar-refractivity contribution in [2.24, 2.45) is 0 Å². The quantitative estimate of drug-likeness (QED) is 0.479. The Morgan fingerprint density at radius 1 is 0.939 bits per heavy atom. The minimum Gasteiger partial charge on any atom is -0.478 e. The Morgan fingerprint density at radius 2 is 1.58 bits per heavy atom. The van der Waals surface area contributed by atoms with E-state index in [9.17, 15) is 9.59 Å². The van der Waals surface area contributed by atoms with Crippen LogP contribution < -0.4 is 0 Å². The lowest BCUT2D eigenvalue weighted by Crippen LogP contribution is -2.48. The summed E-state index contributed by atoms with van der Waals surface area (Å²) in [6.45, 7) is 5.15. The van der Waals surface area contributed by atoms with Crippen molar-refractivity contribution in [1.29, 1.82) is 0 Å². The van der Waals surface area contributed by atoms with E-state index >= 15 is 0 Å². The lowest BCUT2D eigenvalue weighted by atomic mass is 9.96. The summed E-state index contributed by atoms with van der Waals surface area (Å²) < 4.78 is 0. The molecule has 0 spiro atoms. The molecule has 2 aromatic rings. The van der Waals surface area contributed by atoms with Crippen LogP contribution in [-0.2, 0) is 9.59 Å². The molecule has 178 valence electrons. The van der Waals surface area contributed by atoms with Gasteiger partial charge in [0.25, 0.3) is 0 Å². The molecular formula is C24H28Cl2N2O5. The molecule has 1 fully saturated rings. The highest BCUT2D eigenvalue weighted by Gasteiger charge is 2.27. The molecule has 1 atom stereocenters. The maximum Gasteiger partial charge on any atom is 0.328 e. The monoisotopic (exact) mass is 494 g/mol. The third kappa shape index (κ3) is 9.15. The second-order valence-corrected chi connectivity index (χ2v) is 8.29. The number of halogens is 2. The van der Waals surface area contributed by atoms with Crippen LogP contribution in [0.5, 0.6) is 0 Å². The fraction of sp³-hybridized carbons (Fsp3) is 0.333. The van der Waals surface area contributed by atoms with Crippen molar-refractivity contribution in [1.82, 2.24) is 9.80 Å². The highest BCUT2D eigenvalue weighted by Crippen LogP contribution is 2.34. The molecule has 1 unspecified atom stereocenters. The van der Waals surface area contributed by atoms with E-state index in [2.05, 4.69) is 21.9 Å². The Labute approximate surface area is 203 Å². The van der Waals surface area contributed by atoms with E-state index < -0.39 is 11.9 Å². The van der Waals surface area contributed by atoms with Crippen LogP contribution in [0.15, 0.2) is 60.7 Å². The zero-order valence-corrected chi connectivity index (χ0v) is 19.6. The van der Waals surface area contributed by atoms with E-state index in [0.29, 0.717) is 12.2 Å². The molecule has 3 N–H and O–H groups in total. The van der Waals surface area contributed by atoms with Gasteiger partial charge < -0.3 is 20.2 Å². The maximum atomic E-state index is 9.55. The van der Waals surface area contributed by atoms with Crippen molar-refractivity contribution in [3.8, 4) is 0 Å². The van der Waals surface area contributed by atoms with Gasteiger partial charge in [-0.25, -0.2) is 9.59 Å². The number of carboxylic acid groups (broad SMARTS) is 2. The van der Waals surface area contributed by atoms with Gasteiger partial charge in [-0.15, -0.1) is 0 Å². The normalized spacial score (nSPS) is 15.6. The molecule has 3 rings (SSSR count). The van der Waals surface area contributed by atoms with Crippen molar-refractivity contribution in [2.75, 3.05) is 39.3 Å². The largest absolute Gasteiger partial charge is 0.478 e. The molecule has 0 aromatic heterocycles. The van der Waals surface area contributed by atoms with E-state index in [-0.39, 0.29) is 12.6 Å². The van der Waals surface area contributed by atoms with Crippen molar-refractivity contribution in [3.63, 3.8) is 0 Å². The molecule has 2 aromatic carbocycles. The van der Waals surface area contributed by atoms with Gasteiger partial charge >= 0.3 is 11.9 Å². The first-order chi connectivity index (χ1) is 15.8. The van der Waals surface area contributed by atoms with Gasteiger partial charge in [0.05, 0.1) is 6.04 Å². The number of hydrogen-bond donors (Lipinski definition) is 3. The van der Waals surface area contributed by atoms with Gasteiger partial charge in [-0.3, -0.25) is 4.90 Å². The van der Waals surface area contributed by atoms with E-state index in [4.69, 9.17) is 38.5 Å². The number of carbonyl (C=O) groups is 2. The van der Waals surface area contributed by atoms with Crippen LogP contribution in [0.25, 0.3) is 0 Å². The number of carboxylic acids is 2. The highest BCUT2D eigenvalue weighted by atomic mass is 35.5. The SMILES string of the molecule is O=C(O)C=CC(=O)O.OCCCN1CCN(C(c2cccc(Cl)c2)c2ccccc2Cl)CC1. The lowest BCUT2D eigenvalue weighted by Gasteiger charge is -2.40. The van der Waals surface area contributed by atoms with Gasteiger partial charge in [0.2, 0.25) is 0 Å².